The van der Waals surface area contributed by atoms with Crippen molar-refractivity contribution in [2.45, 2.75) is 10.8 Å². The number of carbonyl (C=O) groups excluding carboxylic acids is 1. The van der Waals surface area contributed by atoms with Crippen LogP contribution in [0.1, 0.15) is 6.42 Å². The van der Waals surface area contributed by atoms with Gasteiger partial charge in [0.1, 0.15) is 0 Å². The predicted molar refractivity (Wildman–Crippen MR) is 49.3 cm³/mol. The van der Waals surface area contributed by atoms with Crippen molar-refractivity contribution in [3.05, 3.63) is 24.3 Å². The Labute approximate surface area is 81.0 Å². The normalized spacial score (nSPS) is 37.0. The molecule has 0 unspecified atom stereocenters. The Morgan fingerprint density at radius 2 is 2.17 bits per heavy atom. The van der Waals surface area contributed by atoms with Crippen molar-refractivity contribution in [1.29, 1.82) is 0 Å². The number of carbonyl (C=O) groups is 1. The van der Waals surface area contributed by atoms with Gasteiger partial charge < -0.3 is 0 Å². The number of hydrogen-bond acceptors (Lipinski definition) is 1. The molecule has 0 aromatic carbocycles. The molecule has 64 valence electrons. The lowest BCUT2D eigenvalue weighted by molar-refractivity contribution is -0.133. The topological polar surface area (TPSA) is 17.1 Å². The van der Waals surface area contributed by atoms with E-state index in [0.29, 0.717) is 0 Å². The Kier molecular flexibility index (Phi) is 1.81. The Morgan fingerprint density at radius 1 is 1.42 bits per heavy atom. The highest BCUT2D eigenvalue weighted by Gasteiger charge is 2.58. The molecule has 2 aliphatic rings. The molecule has 0 aromatic rings. The second-order valence-corrected chi connectivity index (χ2v) is 4.55. The van der Waals surface area contributed by atoms with E-state index >= 15 is 0 Å². The quantitative estimate of drug-likeness (QED) is 0.552. The SMILES string of the molecule is O=C1[C@@H]2CC=CC=C[C@@H]2C1(Cl)Cl. The number of alkyl halides is 2. The smallest absolute Gasteiger partial charge is 0.183 e. The van der Waals surface area contributed by atoms with E-state index in [1.54, 1.807) is 0 Å². The predicted octanol–water partition coefficient (Wildman–Crippen LogP) is 2.49. The van der Waals surface area contributed by atoms with Crippen molar-refractivity contribution in [1.82, 2.24) is 0 Å². The minimum Gasteiger partial charge on any atom is -0.296 e. The maximum absolute atomic E-state index is 11.3. The Hall–Kier alpha value is -0.270. The van der Waals surface area contributed by atoms with Gasteiger partial charge in [-0.1, -0.05) is 47.5 Å². The zero-order valence-electron chi connectivity index (χ0n) is 6.34. The molecule has 0 amide bonds. The first-order chi connectivity index (χ1) is 5.64. The highest BCUT2D eigenvalue weighted by atomic mass is 35.5. The summed E-state index contributed by atoms with van der Waals surface area (Å²) in [7, 11) is 0. The van der Waals surface area contributed by atoms with E-state index in [1.807, 2.05) is 24.3 Å². The van der Waals surface area contributed by atoms with Crippen LogP contribution in [0.2, 0.25) is 0 Å². The zero-order chi connectivity index (χ0) is 8.77. The van der Waals surface area contributed by atoms with Gasteiger partial charge in [-0.2, -0.15) is 0 Å². The third-order valence-corrected chi connectivity index (χ3v) is 3.35. The molecule has 2 atom stereocenters. The summed E-state index contributed by atoms with van der Waals surface area (Å²) in [5.41, 5.74) is 0. The molecular weight excluding hydrogens is 195 g/mol. The first kappa shape index (κ1) is 8.33. The molecule has 0 aromatic heterocycles. The van der Waals surface area contributed by atoms with Crippen LogP contribution in [-0.2, 0) is 4.79 Å². The molecule has 2 rings (SSSR count). The minimum atomic E-state index is -1.16. The lowest BCUT2D eigenvalue weighted by Crippen LogP contribution is -2.55. The highest BCUT2D eigenvalue weighted by Crippen LogP contribution is 2.51. The van der Waals surface area contributed by atoms with Gasteiger partial charge in [0, 0.05) is 11.8 Å². The van der Waals surface area contributed by atoms with E-state index in [-0.39, 0.29) is 17.6 Å². The molecule has 0 aliphatic heterocycles. The molecule has 1 saturated carbocycles. The van der Waals surface area contributed by atoms with Crippen molar-refractivity contribution in [3.8, 4) is 0 Å². The molecule has 3 heteroatoms. The fourth-order valence-electron chi connectivity index (χ4n) is 1.73. The molecular formula is C9H8Cl2O. The molecule has 0 N–H and O–H groups in total. The van der Waals surface area contributed by atoms with Gasteiger partial charge in [-0.25, -0.2) is 0 Å². The van der Waals surface area contributed by atoms with Crippen LogP contribution in [-0.4, -0.2) is 10.1 Å². The molecule has 1 nitrogen and oxygen atoms in total. The second-order valence-electron chi connectivity index (χ2n) is 3.17. The van der Waals surface area contributed by atoms with Crippen molar-refractivity contribution >= 4 is 29.0 Å². The Balaban J connectivity index is 2.27. The maximum atomic E-state index is 11.3. The van der Waals surface area contributed by atoms with E-state index in [2.05, 4.69) is 0 Å². The van der Waals surface area contributed by atoms with Crippen LogP contribution >= 0.6 is 23.2 Å². The minimum absolute atomic E-state index is 0.00309. The van der Waals surface area contributed by atoms with Crippen LogP contribution < -0.4 is 0 Å². The number of allylic oxidation sites excluding steroid dienone is 4. The fraction of sp³-hybridized carbons (Fsp3) is 0.444. The lowest BCUT2D eigenvalue weighted by Gasteiger charge is -2.43. The highest BCUT2D eigenvalue weighted by molar-refractivity contribution is 6.61. The summed E-state index contributed by atoms with van der Waals surface area (Å²) < 4.78 is -1.16. The first-order valence-electron chi connectivity index (χ1n) is 3.89. The van der Waals surface area contributed by atoms with E-state index in [4.69, 9.17) is 23.2 Å². The van der Waals surface area contributed by atoms with E-state index < -0.39 is 4.33 Å². The van der Waals surface area contributed by atoms with Crippen LogP contribution in [0.5, 0.6) is 0 Å². The number of hydrogen-bond donors (Lipinski definition) is 0. The largest absolute Gasteiger partial charge is 0.296 e. The van der Waals surface area contributed by atoms with Gasteiger partial charge in [0.05, 0.1) is 0 Å². The summed E-state index contributed by atoms with van der Waals surface area (Å²) in [5.74, 6) is -0.0228. The van der Waals surface area contributed by atoms with Crippen molar-refractivity contribution < 1.29 is 4.79 Å². The molecule has 0 radical (unpaired) electrons. The Bertz CT molecular complexity index is 278. The van der Waals surface area contributed by atoms with Crippen molar-refractivity contribution in [2.75, 3.05) is 0 Å². The third kappa shape index (κ3) is 0.964. The van der Waals surface area contributed by atoms with Crippen molar-refractivity contribution in [3.63, 3.8) is 0 Å². The van der Waals surface area contributed by atoms with Gasteiger partial charge in [-0.05, 0) is 6.42 Å². The van der Waals surface area contributed by atoms with E-state index in [1.165, 1.54) is 0 Å². The van der Waals surface area contributed by atoms with Crippen LogP contribution in [0.3, 0.4) is 0 Å². The average Bonchev–Trinajstić information content (AvgIpc) is 2.26. The molecule has 12 heavy (non-hydrogen) atoms. The monoisotopic (exact) mass is 202 g/mol. The van der Waals surface area contributed by atoms with Gasteiger partial charge in [0.15, 0.2) is 10.1 Å². The summed E-state index contributed by atoms with van der Waals surface area (Å²) in [6, 6.07) is 0. The summed E-state index contributed by atoms with van der Waals surface area (Å²) in [6.07, 6.45) is 8.47. The van der Waals surface area contributed by atoms with E-state index in [9.17, 15) is 4.79 Å². The van der Waals surface area contributed by atoms with Gasteiger partial charge in [-0.3, -0.25) is 4.79 Å². The second kappa shape index (κ2) is 2.61. The standard InChI is InChI=1S/C9H8Cl2O/c10-9(11)7-5-3-1-2-4-6(7)8(9)12/h1-3,5-7H,4H2/t6-,7+/m1/s1. The van der Waals surface area contributed by atoms with Gasteiger partial charge in [0.25, 0.3) is 0 Å². The zero-order valence-corrected chi connectivity index (χ0v) is 7.85. The average molecular weight is 203 g/mol. The van der Waals surface area contributed by atoms with Gasteiger partial charge >= 0.3 is 0 Å². The summed E-state index contributed by atoms with van der Waals surface area (Å²) in [4.78, 5) is 11.3. The van der Waals surface area contributed by atoms with Crippen LogP contribution in [0.15, 0.2) is 24.3 Å². The number of fused-ring (bicyclic) bond motifs is 1. The number of rotatable bonds is 0. The molecule has 0 spiro atoms. The third-order valence-electron chi connectivity index (χ3n) is 2.47. The van der Waals surface area contributed by atoms with Crippen molar-refractivity contribution in [2.24, 2.45) is 11.8 Å². The molecule has 0 saturated heterocycles. The molecule has 0 bridgehead atoms. The molecule has 2 aliphatic carbocycles. The van der Waals surface area contributed by atoms with E-state index in [0.717, 1.165) is 6.42 Å². The first-order valence-corrected chi connectivity index (χ1v) is 4.65. The van der Waals surface area contributed by atoms with Gasteiger partial charge in [0.2, 0.25) is 0 Å². The number of Topliss-reactive ketones (excluding diaryl/α,β-unsaturated/α-hetero) is 1. The van der Waals surface area contributed by atoms with Crippen LogP contribution in [0, 0.1) is 11.8 Å². The van der Waals surface area contributed by atoms with Crippen LogP contribution in [0.25, 0.3) is 0 Å². The Morgan fingerprint density at radius 3 is 2.92 bits per heavy atom. The lowest BCUT2D eigenvalue weighted by atomic mass is 9.70. The van der Waals surface area contributed by atoms with Gasteiger partial charge in [-0.15, -0.1) is 0 Å². The summed E-state index contributed by atoms with van der Waals surface area (Å²) in [6.45, 7) is 0. The molecule has 1 fully saturated rings. The summed E-state index contributed by atoms with van der Waals surface area (Å²) >= 11 is 11.7. The molecule has 0 heterocycles. The fourth-order valence-corrected chi connectivity index (χ4v) is 2.46. The maximum Gasteiger partial charge on any atom is 0.183 e. The number of halogens is 2. The number of ketones is 1. The summed E-state index contributed by atoms with van der Waals surface area (Å²) in [5, 5.41) is 0. The van der Waals surface area contributed by atoms with Crippen LogP contribution in [0.4, 0.5) is 0 Å².